The van der Waals surface area contributed by atoms with Gasteiger partial charge in [0, 0.05) is 12.1 Å². The van der Waals surface area contributed by atoms with E-state index in [2.05, 4.69) is 19.2 Å². The third-order valence-electron chi connectivity index (χ3n) is 1.32. The molecule has 2 atom stereocenters. The summed E-state index contributed by atoms with van der Waals surface area (Å²) in [5.41, 5.74) is 0. The third-order valence-corrected chi connectivity index (χ3v) is 1.32. The Morgan fingerprint density at radius 2 is 1.56 bits per heavy atom. The van der Waals surface area contributed by atoms with Gasteiger partial charge in [0.05, 0.1) is 6.10 Å². The molecule has 0 aliphatic carbocycles. The summed E-state index contributed by atoms with van der Waals surface area (Å²) in [6, 6.07) is 0.652. The first kappa shape index (κ1) is 8.92. The Morgan fingerprint density at radius 1 is 1.11 bits per heavy atom. The van der Waals surface area contributed by atoms with Crippen molar-refractivity contribution in [1.29, 1.82) is 0 Å². The summed E-state index contributed by atoms with van der Waals surface area (Å²) in [6.45, 7) is 7.91. The number of hydrogen-bond acceptors (Lipinski definition) is 2. The van der Waals surface area contributed by atoms with Crippen LogP contribution in [-0.4, -0.2) is 23.3 Å². The van der Waals surface area contributed by atoms with Gasteiger partial charge in [0.15, 0.2) is 0 Å². The molecule has 0 heterocycles. The van der Waals surface area contributed by atoms with Gasteiger partial charge in [0.1, 0.15) is 0 Å². The summed E-state index contributed by atoms with van der Waals surface area (Å²) >= 11 is 0. The van der Waals surface area contributed by atoms with Crippen LogP contribution in [0.1, 0.15) is 27.7 Å². The maximum Gasteiger partial charge on any atom is 0.0662 e. The van der Waals surface area contributed by atoms with Crippen molar-refractivity contribution in [2.45, 2.75) is 45.9 Å². The quantitative estimate of drug-likeness (QED) is 0.592. The maximum absolute atomic E-state index is 9.01. The van der Waals surface area contributed by atoms with Crippen molar-refractivity contribution >= 4 is 0 Å². The summed E-state index contributed by atoms with van der Waals surface area (Å²) in [7, 11) is 0. The van der Waals surface area contributed by atoms with Crippen molar-refractivity contribution < 1.29 is 5.11 Å². The van der Waals surface area contributed by atoms with Crippen LogP contribution in [0, 0.1) is 0 Å². The molecule has 0 spiro atoms. The number of aliphatic hydroxyl groups is 1. The lowest BCUT2D eigenvalue weighted by molar-refractivity contribution is 0.148. The zero-order valence-electron chi connectivity index (χ0n) is 6.68. The van der Waals surface area contributed by atoms with Crippen molar-refractivity contribution in [2.75, 3.05) is 0 Å². The molecular formula is C7H17NO. The number of hydrogen-bond donors (Lipinski definition) is 2. The molecule has 9 heavy (non-hydrogen) atoms. The minimum atomic E-state index is -0.257. The molecule has 2 nitrogen and oxygen atoms in total. The topological polar surface area (TPSA) is 32.3 Å². The normalized spacial score (nSPS) is 18.0. The third kappa shape index (κ3) is 4.43. The largest absolute Gasteiger partial charge is 0.392 e. The highest BCUT2D eigenvalue weighted by Crippen LogP contribution is 1.91. The molecule has 56 valence electrons. The van der Waals surface area contributed by atoms with Crippen LogP contribution in [0.5, 0.6) is 0 Å². The molecule has 0 saturated carbocycles. The van der Waals surface area contributed by atoms with E-state index in [1.807, 2.05) is 6.92 Å². The molecule has 0 fully saturated rings. The van der Waals surface area contributed by atoms with Gasteiger partial charge in [-0.2, -0.15) is 0 Å². The van der Waals surface area contributed by atoms with E-state index in [9.17, 15) is 0 Å². The van der Waals surface area contributed by atoms with Crippen LogP contribution in [0.3, 0.4) is 0 Å². The molecule has 0 amide bonds. The van der Waals surface area contributed by atoms with E-state index < -0.39 is 0 Å². The van der Waals surface area contributed by atoms with Crippen LogP contribution in [0.2, 0.25) is 0 Å². The Hall–Kier alpha value is -0.0800. The summed E-state index contributed by atoms with van der Waals surface area (Å²) in [5, 5.41) is 12.2. The molecule has 0 saturated heterocycles. The van der Waals surface area contributed by atoms with Gasteiger partial charge in [-0.1, -0.05) is 13.8 Å². The Kier molecular flexibility index (Phi) is 3.82. The standard InChI is InChI=1S/C7H17NO/c1-5(2)8-6(3)7(4)9/h5-9H,1-4H3/t6-,7+/m1/s1. The Labute approximate surface area is 57.3 Å². The molecule has 0 aliphatic heterocycles. The van der Waals surface area contributed by atoms with E-state index in [-0.39, 0.29) is 12.1 Å². The fourth-order valence-corrected chi connectivity index (χ4v) is 0.665. The second-order valence-corrected chi connectivity index (χ2v) is 2.85. The summed E-state index contributed by atoms with van der Waals surface area (Å²) in [5.74, 6) is 0. The number of nitrogens with one attached hydrogen (secondary N) is 1. The first-order valence-corrected chi connectivity index (χ1v) is 3.48. The number of aliphatic hydroxyl groups excluding tert-OH is 1. The maximum atomic E-state index is 9.01. The lowest BCUT2D eigenvalue weighted by Crippen LogP contribution is -2.39. The van der Waals surface area contributed by atoms with Crippen LogP contribution < -0.4 is 5.32 Å². The molecule has 0 rings (SSSR count). The molecule has 0 unspecified atom stereocenters. The smallest absolute Gasteiger partial charge is 0.0662 e. The molecule has 2 N–H and O–H groups in total. The number of rotatable bonds is 3. The van der Waals surface area contributed by atoms with Gasteiger partial charge in [-0.15, -0.1) is 0 Å². The SMILES string of the molecule is CC(C)N[C@H](C)[C@H](C)O. The van der Waals surface area contributed by atoms with Gasteiger partial charge >= 0.3 is 0 Å². The Balaban J connectivity index is 3.38. The molecular weight excluding hydrogens is 114 g/mol. The van der Waals surface area contributed by atoms with Gasteiger partial charge in [-0.25, -0.2) is 0 Å². The van der Waals surface area contributed by atoms with Crippen molar-refractivity contribution in [3.8, 4) is 0 Å². The molecule has 0 aliphatic rings. The van der Waals surface area contributed by atoms with Crippen molar-refractivity contribution in [3.05, 3.63) is 0 Å². The minimum absolute atomic E-state index is 0.199. The summed E-state index contributed by atoms with van der Waals surface area (Å²) in [4.78, 5) is 0. The lowest BCUT2D eigenvalue weighted by Gasteiger charge is -2.18. The zero-order valence-corrected chi connectivity index (χ0v) is 6.68. The summed E-state index contributed by atoms with van der Waals surface area (Å²) in [6.07, 6.45) is -0.257. The fourth-order valence-electron chi connectivity index (χ4n) is 0.665. The second-order valence-electron chi connectivity index (χ2n) is 2.85. The molecule has 0 aromatic rings. The predicted octanol–water partition coefficient (Wildman–Crippen LogP) is 0.754. The monoisotopic (exact) mass is 131 g/mol. The van der Waals surface area contributed by atoms with Gasteiger partial charge in [-0.3, -0.25) is 0 Å². The Bertz CT molecular complexity index is 71.3. The fraction of sp³-hybridized carbons (Fsp3) is 1.00. The van der Waals surface area contributed by atoms with E-state index in [1.54, 1.807) is 6.92 Å². The molecule has 2 heteroatoms. The van der Waals surface area contributed by atoms with Crippen LogP contribution in [0.4, 0.5) is 0 Å². The van der Waals surface area contributed by atoms with Gasteiger partial charge in [0.2, 0.25) is 0 Å². The van der Waals surface area contributed by atoms with E-state index in [0.29, 0.717) is 6.04 Å². The van der Waals surface area contributed by atoms with Crippen LogP contribution in [0.15, 0.2) is 0 Å². The second kappa shape index (κ2) is 3.85. The molecule has 0 radical (unpaired) electrons. The highest BCUT2D eigenvalue weighted by molar-refractivity contribution is 4.68. The minimum Gasteiger partial charge on any atom is -0.392 e. The van der Waals surface area contributed by atoms with Gasteiger partial charge < -0.3 is 10.4 Å². The molecule has 0 aromatic carbocycles. The average molecular weight is 131 g/mol. The van der Waals surface area contributed by atoms with Crippen molar-refractivity contribution in [3.63, 3.8) is 0 Å². The average Bonchev–Trinajstić information content (AvgIpc) is 1.63. The first-order chi connectivity index (χ1) is 4.04. The van der Waals surface area contributed by atoms with Gasteiger partial charge in [-0.05, 0) is 13.8 Å². The van der Waals surface area contributed by atoms with E-state index in [4.69, 9.17) is 5.11 Å². The van der Waals surface area contributed by atoms with Crippen LogP contribution in [-0.2, 0) is 0 Å². The summed E-state index contributed by atoms with van der Waals surface area (Å²) < 4.78 is 0. The van der Waals surface area contributed by atoms with Crippen molar-refractivity contribution in [2.24, 2.45) is 0 Å². The van der Waals surface area contributed by atoms with E-state index >= 15 is 0 Å². The van der Waals surface area contributed by atoms with Crippen molar-refractivity contribution in [1.82, 2.24) is 5.32 Å². The van der Waals surface area contributed by atoms with E-state index in [0.717, 1.165) is 0 Å². The highest BCUT2D eigenvalue weighted by Gasteiger charge is 2.07. The lowest BCUT2D eigenvalue weighted by atomic mass is 10.2. The predicted molar refractivity (Wildman–Crippen MR) is 39.4 cm³/mol. The van der Waals surface area contributed by atoms with Crippen LogP contribution in [0.25, 0.3) is 0 Å². The molecule has 0 bridgehead atoms. The zero-order chi connectivity index (χ0) is 7.44. The highest BCUT2D eigenvalue weighted by atomic mass is 16.3. The van der Waals surface area contributed by atoms with Gasteiger partial charge in [0.25, 0.3) is 0 Å². The van der Waals surface area contributed by atoms with E-state index in [1.165, 1.54) is 0 Å². The van der Waals surface area contributed by atoms with Crippen LogP contribution >= 0.6 is 0 Å². The Morgan fingerprint density at radius 3 is 1.67 bits per heavy atom. The molecule has 0 aromatic heterocycles. The first-order valence-electron chi connectivity index (χ1n) is 3.48.